The molecule has 0 fully saturated rings. The first-order valence-corrected chi connectivity index (χ1v) is 6.60. The van der Waals surface area contributed by atoms with Gasteiger partial charge in [0.1, 0.15) is 5.75 Å². The molecule has 0 aliphatic heterocycles. The Hall–Kier alpha value is -0.700. The molecule has 16 heavy (non-hydrogen) atoms. The molecule has 0 heterocycles. The van der Waals surface area contributed by atoms with Crippen LogP contribution in [-0.4, -0.2) is 20.2 Å². The van der Waals surface area contributed by atoms with Crippen LogP contribution in [0.25, 0.3) is 0 Å². The molecule has 0 radical (unpaired) electrons. The van der Waals surface area contributed by atoms with Crippen molar-refractivity contribution in [2.24, 2.45) is 0 Å². The van der Waals surface area contributed by atoms with Crippen LogP contribution in [0.5, 0.6) is 5.75 Å². The fourth-order valence-corrected chi connectivity index (χ4v) is 2.25. The summed E-state index contributed by atoms with van der Waals surface area (Å²) in [7, 11) is 1.71. The Morgan fingerprint density at radius 2 is 1.81 bits per heavy atom. The molecule has 0 unspecified atom stereocenters. The third-order valence-electron chi connectivity index (χ3n) is 2.48. The van der Waals surface area contributed by atoms with E-state index in [1.165, 1.54) is 5.69 Å². The summed E-state index contributed by atoms with van der Waals surface area (Å²) in [5.41, 5.74) is 1.23. The van der Waals surface area contributed by atoms with Gasteiger partial charge in [-0.15, -0.1) is 0 Å². The second kappa shape index (κ2) is 6.79. The van der Waals surface area contributed by atoms with Crippen LogP contribution in [-0.2, 0) is 0 Å². The van der Waals surface area contributed by atoms with Crippen molar-refractivity contribution in [3.63, 3.8) is 0 Å². The zero-order chi connectivity index (χ0) is 12.0. The van der Waals surface area contributed by atoms with E-state index >= 15 is 0 Å². The summed E-state index contributed by atoms with van der Waals surface area (Å²) in [6.45, 7) is 6.58. The third kappa shape index (κ3) is 3.41. The second-order valence-corrected chi connectivity index (χ2v) is 4.66. The molecule has 0 aromatic heterocycles. The predicted molar refractivity (Wildman–Crippen MR) is 73.5 cm³/mol. The maximum Gasteiger partial charge on any atom is 0.121 e. The van der Waals surface area contributed by atoms with Crippen molar-refractivity contribution in [2.45, 2.75) is 26.7 Å². The monoisotopic (exact) mass is 285 g/mol. The van der Waals surface area contributed by atoms with Gasteiger partial charge in [0.05, 0.1) is 12.8 Å². The molecule has 0 saturated heterocycles. The van der Waals surface area contributed by atoms with E-state index in [2.05, 4.69) is 40.7 Å². The Morgan fingerprint density at radius 1 is 1.19 bits per heavy atom. The van der Waals surface area contributed by atoms with Gasteiger partial charge in [0, 0.05) is 23.6 Å². The van der Waals surface area contributed by atoms with Gasteiger partial charge in [-0.3, -0.25) is 0 Å². The first-order valence-electron chi connectivity index (χ1n) is 5.81. The molecule has 0 atom stereocenters. The van der Waals surface area contributed by atoms with Crippen LogP contribution in [0.1, 0.15) is 26.7 Å². The van der Waals surface area contributed by atoms with E-state index in [0.717, 1.165) is 36.2 Å². The molecule has 2 nitrogen and oxygen atoms in total. The molecule has 0 aliphatic rings. The van der Waals surface area contributed by atoms with E-state index in [9.17, 15) is 0 Å². The number of hydrogen-bond acceptors (Lipinski definition) is 2. The maximum atomic E-state index is 5.27. The minimum Gasteiger partial charge on any atom is -0.497 e. The highest BCUT2D eigenvalue weighted by molar-refractivity contribution is 9.10. The van der Waals surface area contributed by atoms with E-state index in [0.29, 0.717) is 0 Å². The molecular weight excluding hydrogens is 266 g/mol. The normalized spacial score (nSPS) is 10.2. The van der Waals surface area contributed by atoms with Crippen molar-refractivity contribution >= 4 is 21.6 Å². The molecule has 0 N–H and O–H groups in total. The minimum absolute atomic E-state index is 0.912. The van der Waals surface area contributed by atoms with E-state index in [4.69, 9.17) is 4.74 Å². The van der Waals surface area contributed by atoms with Gasteiger partial charge < -0.3 is 9.64 Å². The number of rotatable bonds is 6. The lowest BCUT2D eigenvalue weighted by molar-refractivity contribution is 0.414. The number of nitrogens with zero attached hydrogens (tertiary/aromatic N) is 1. The van der Waals surface area contributed by atoms with Crippen LogP contribution in [0.4, 0.5) is 5.69 Å². The van der Waals surface area contributed by atoms with Gasteiger partial charge in [-0.1, -0.05) is 13.8 Å². The quantitative estimate of drug-likeness (QED) is 0.781. The molecule has 0 bridgehead atoms. The Labute approximate surface area is 107 Å². The first-order chi connectivity index (χ1) is 7.72. The molecule has 1 aromatic carbocycles. The van der Waals surface area contributed by atoms with Crippen molar-refractivity contribution in [1.82, 2.24) is 0 Å². The van der Waals surface area contributed by atoms with E-state index in [1.54, 1.807) is 7.11 Å². The number of hydrogen-bond donors (Lipinski definition) is 0. The molecular formula is C13H20BrNO. The van der Waals surface area contributed by atoms with Crippen LogP contribution in [0.3, 0.4) is 0 Å². The highest BCUT2D eigenvalue weighted by Crippen LogP contribution is 2.30. The Kier molecular flexibility index (Phi) is 5.67. The fraction of sp³-hybridized carbons (Fsp3) is 0.538. The van der Waals surface area contributed by atoms with Gasteiger partial charge >= 0.3 is 0 Å². The molecule has 1 rings (SSSR count). The molecule has 0 saturated carbocycles. The van der Waals surface area contributed by atoms with Crippen molar-refractivity contribution in [1.29, 1.82) is 0 Å². The van der Waals surface area contributed by atoms with Crippen LogP contribution in [0, 0.1) is 0 Å². The highest BCUT2D eigenvalue weighted by Gasteiger charge is 2.09. The highest BCUT2D eigenvalue weighted by atomic mass is 79.9. The third-order valence-corrected chi connectivity index (χ3v) is 3.15. The van der Waals surface area contributed by atoms with Gasteiger partial charge in [0.15, 0.2) is 0 Å². The standard InChI is InChI=1S/C13H20BrNO/c1-4-8-15(9-5-2)13-10-11(16-3)6-7-12(13)14/h6-7,10H,4-5,8-9H2,1-3H3. The van der Waals surface area contributed by atoms with Gasteiger partial charge in [0.2, 0.25) is 0 Å². The summed E-state index contributed by atoms with van der Waals surface area (Å²) < 4.78 is 6.40. The fourth-order valence-electron chi connectivity index (χ4n) is 1.75. The minimum atomic E-state index is 0.912. The van der Waals surface area contributed by atoms with Crippen LogP contribution in [0.2, 0.25) is 0 Å². The zero-order valence-electron chi connectivity index (χ0n) is 10.3. The largest absolute Gasteiger partial charge is 0.497 e. The summed E-state index contributed by atoms with van der Waals surface area (Å²) in [5, 5.41) is 0. The SMILES string of the molecule is CCCN(CCC)c1cc(OC)ccc1Br. The van der Waals surface area contributed by atoms with Gasteiger partial charge in [0.25, 0.3) is 0 Å². The average Bonchev–Trinajstić information content (AvgIpc) is 2.29. The summed E-state index contributed by atoms with van der Waals surface area (Å²) in [5.74, 6) is 0.912. The van der Waals surface area contributed by atoms with Crippen molar-refractivity contribution in [3.05, 3.63) is 22.7 Å². The summed E-state index contributed by atoms with van der Waals surface area (Å²) >= 11 is 3.60. The lowest BCUT2D eigenvalue weighted by Crippen LogP contribution is -2.25. The van der Waals surface area contributed by atoms with Crippen molar-refractivity contribution in [2.75, 3.05) is 25.1 Å². The Morgan fingerprint density at radius 3 is 2.31 bits per heavy atom. The molecule has 1 aromatic rings. The molecule has 0 amide bonds. The van der Waals surface area contributed by atoms with Gasteiger partial charge in [-0.2, -0.15) is 0 Å². The van der Waals surface area contributed by atoms with E-state index in [-0.39, 0.29) is 0 Å². The van der Waals surface area contributed by atoms with Crippen molar-refractivity contribution < 1.29 is 4.74 Å². The number of benzene rings is 1. The van der Waals surface area contributed by atoms with E-state index in [1.807, 2.05) is 12.1 Å². The summed E-state index contributed by atoms with van der Waals surface area (Å²) in [6.07, 6.45) is 2.31. The van der Waals surface area contributed by atoms with Crippen molar-refractivity contribution in [3.8, 4) is 5.75 Å². The predicted octanol–water partition coefficient (Wildman–Crippen LogP) is 4.08. The Bertz CT molecular complexity index is 322. The first kappa shape index (κ1) is 13.4. The van der Waals surface area contributed by atoms with Crippen LogP contribution >= 0.6 is 15.9 Å². The number of anilines is 1. The molecule has 0 spiro atoms. The average molecular weight is 286 g/mol. The molecule has 0 aliphatic carbocycles. The lowest BCUT2D eigenvalue weighted by Gasteiger charge is -2.25. The number of methoxy groups -OCH3 is 1. The number of halogens is 1. The van der Waals surface area contributed by atoms with Gasteiger partial charge in [-0.25, -0.2) is 0 Å². The molecule has 90 valence electrons. The van der Waals surface area contributed by atoms with Gasteiger partial charge in [-0.05, 0) is 40.9 Å². The Balaban J connectivity index is 2.96. The number of ether oxygens (including phenoxy) is 1. The van der Waals surface area contributed by atoms with E-state index < -0.39 is 0 Å². The maximum absolute atomic E-state index is 5.27. The summed E-state index contributed by atoms with van der Waals surface area (Å²) in [6, 6.07) is 6.12. The van der Waals surface area contributed by atoms with Crippen LogP contribution < -0.4 is 9.64 Å². The van der Waals surface area contributed by atoms with Crippen LogP contribution in [0.15, 0.2) is 22.7 Å². The zero-order valence-corrected chi connectivity index (χ0v) is 11.9. The second-order valence-electron chi connectivity index (χ2n) is 3.80. The smallest absolute Gasteiger partial charge is 0.121 e. The topological polar surface area (TPSA) is 12.5 Å². The molecule has 3 heteroatoms. The summed E-state index contributed by atoms with van der Waals surface area (Å²) in [4.78, 5) is 2.40. The lowest BCUT2D eigenvalue weighted by atomic mass is 10.2.